The molecule has 0 aliphatic carbocycles. The molecule has 0 heterocycles. The molecule has 1 heteroatoms. The summed E-state index contributed by atoms with van der Waals surface area (Å²) in [5.41, 5.74) is 2.55. The minimum absolute atomic E-state index is 0.819. The quantitative estimate of drug-likeness (QED) is 0.519. The molecular weight excluding hydrogens is 232 g/mol. The highest BCUT2D eigenvalue weighted by molar-refractivity contribution is 5.62. The molecule has 0 fully saturated rings. The molecule has 0 N–H and O–H groups in total. The van der Waals surface area contributed by atoms with Gasteiger partial charge in [-0.3, -0.25) is 0 Å². The fourth-order valence-corrected chi connectivity index (χ4v) is 1.57. The second-order valence-corrected chi connectivity index (χ2v) is 4.12. The molecule has 2 aromatic rings. The maximum atomic E-state index is 4.84. The van der Waals surface area contributed by atoms with E-state index in [0.29, 0.717) is 0 Å². The maximum Gasteiger partial charge on any atom is 0.0872 e. The van der Waals surface area contributed by atoms with E-state index in [1.165, 1.54) is 23.8 Å². The van der Waals surface area contributed by atoms with Crippen molar-refractivity contribution in [2.45, 2.75) is 19.8 Å². The highest BCUT2D eigenvalue weighted by Crippen LogP contribution is 2.17. The largest absolute Gasteiger partial charge is 0.502 e. The van der Waals surface area contributed by atoms with Crippen LogP contribution >= 0.6 is 0 Å². The lowest BCUT2D eigenvalue weighted by molar-refractivity contribution is 0.245. The number of benzene rings is 2. The molecular formula is C18H22O. The summed E-state index contributed by atoms with van der Waals surface area (Å²) in [7, 11) is 0. The van der Waals surface area contributed by atoms with E-state index in [4.69, 9.17) is 4.74 Å². The van der Waals surface area contributed by atoms with Crippen LogP contribution in [-0.4, -0.2) is 6.61 Å². The highest BCUT2D eigenvalue weighted by atomic mass is 16.5. The topological polar surface area (TPSA) is 9.23 Å². The Morgan fingerprint density at radius 3 is 1.74 bits per heavy atom. The molecule has 0 aliphatic heterocycles. The van der Waals surface area contributed by atoms with Gasteiger partial charge in [-0.2, -0.15) is 0 Å². The minimum atomic E-state index is 0.819. The third-order valence-electron chi connectivity index (χ3n) is 2.61. The second-order valence-electron chi connectivity index (χ2n) is 4.12. The van der Waals surface area contributed by atoms with Crippen molar-refractivity contribution >= 4 is 0 Å². The number of hydrogen-bond donors (Lipinski definition) is 0. The molecule has 0 bridgehead atoms. The van der Waals surface area contributed by atoms with Crippen molar-refractivity contribution in [1.29, 1.82) is 0 Å². The molecule has 2 aromatic carbocycles. The van der Waals surface area contributed by atoms with Gasteiger partial charge >= 0.3 is 0 Å². The first-order valence-corrected chi connectivity index (χ1v) is 6.71. The summed E-state index contributed by atoms with van der Waals surface area (Å²) >= 11 is 0. The zero-order valence-electron chi connectivity index (χ0n) is 11.6. The second kappa shape index (κ2) is 9.95. The molecule has 0 aromatic heterocycles. The summed E-state index contributed by atoms with van der Waals surface area (Å²) in [6, 6.07) is 20.8. The zero-order chi connectivity index (χ0) is 13.8. The first-order chi connectivity index (χ1) is 9.38. The van der Waals surface area contributed by atoms with Crippen molar-refractivity contribution in [3.63, 3.8) is 0 Å². The summed E-state index contributed by atoms with van der Waals surface area (Å²) in [4.78, 5) is 0. The van der Waals surface area contributed by atoms with E-state index >= 15 is 0 Å². The van der Waals surface area contributed by atoms with Crippen molar-refractivity contribution in [3.05, 3.63) is 73.5 Å². The average Bonchev–Trinajstić information content (AvgIpc) is 2.50. The van der Waals surface area contributed by atoms with E-state index in [2.05, 4.69) is 62.0 Å². The van der Waals surface area contributed by atoms with Gasteiger partial charge in [0, 0.05) is 0 Å². The number of ether oxygens (including phenoxy) is 1. The van der Waals surface area contributed by atoms with E-state index in [9.17, 15) is 0 Å². The molecule has 0 saturated carbocycles. The minimum Gasteiger partial charge on any atom is -0.502 e. The first kappa shape index (κ1) is 15.0. The molecule has 0 atom stereocenters. The van der Waals surface area contributed by atoms with Crippen LogP contribution in [0.4, 0.5) is 0 Å². The Balaban J connectivity index is 0.000000224. The molecule has 100 valence electrons. The van der Waals surface area contributed by atoms with Crippen LogP contribution in [0.25, 0.3) is 11.1 Å². The molecule has 0 saturated heterocycles. The van der Waals surface area contributed by atoms with E-state index < -0.39 is 0 Å². The van der Waals surface area contributed by atoms with Gasteiger partial charge in [-0.05, 0) is 17.5 Å². The molecule has 0 radical (unpaired) electrons. The van der Waals surface area contributed by atoms with Crippen LogP contribution in [0.3, 0.4) is 0 Å². The van der Waals surface area contributed by atoms with Crippen LogP contribution in [0.5, 0.6) is 0 Å². The van der Waals surface area contributed by atoms with Crippen LogP contribution in [0.1, 0.15) is 19.8 Å². The fourth-order valence-electron chi connectivity index (χ4n) is 1.57. The van der Waals surface area contributed by atoms with Crippen molar-refractivity contribution in [1.82, 2.24) is 0 Å². The SMILES string of the molecule is C=COCCCC.c1ccc(-c2ccccc2)cc1. The molecule has 0 amide bonds. The van der Waals surface area contributed by atoms with Crippen LogP contribution < -0.4 is 0 Å². The molecule has 1 nitrogen and oxygen atoms in total. The lowest BCUT2D eigenvalue weighted by atomic mass is 10.1. The van der Waals surface area contributed by atoms with Crippen molar-refractivity contribution in [2.75, 3.05) is 6.61 Å². The predicted molar refractivity (Wildman–Crippen MR) is 82.9 cm³/mol. The Morgan fingerprint density at radius 1 is 0.895 bits per heavy atom. The van der Waals surface area contributed by atoms with Crippen molar-refractivity contribution < 1.29 is 4.74 Å². The van der Waals surface area contributed by atoms with Gasteiger partial charge in [0.05, 0.1) is 12.9 Å². The summed E-state index contributed by atoms with van der Waals surface area (Å²) in [5.74, 6) is 0. The van der Waals surface area contributed by atoms with Gasteiger partial charge in [0.25, 0.3) is 0 Å². The maximum absolute atomic E-state index is 4.84. The smallest absolute Gasteiger partial charge is 0.0872 e. The van der Waals surface area contributed by atoms with Gasteiger partial charge in [0.2, 0.25) is 0 Å². The van der Waals surface area contributed by atoms with Gasteiger partial charge < -0.3 is 4.74 Å². The summed E-state index contributed by atoms with van der Waals surface area (Å²) in [6.07, 6.45) is 3.80. The monoisotopic (exact) mass is 254 g/mol. The summed E-state index contributed by atoms with van der Waals surface area (Å²) < 4.78 is 4.84. The first-order valence-electron chi connectivity index (χ1n) is 6.71. The zero-order valence-corrected chi connectivity index (χ0v) is 11.6. The van der Waals surface area contributed by atoms with Crippen LogP contribution in [0, 0.1) is 0 Å². The molecule has 0 aliphatic rings. The Bertz CT molecular complexity index is 396. The highest BCUT2D eigenvalue weighted by Gasteiger charge is 1.91. The number of rotatable bonds is 5. The third kappa shape index (κ3) is 6.46. The Labute approximate surface area is 116 Å². The summed E-state index contributed by atoms with van der Waals surface area (Å²) in [5, 5.41) is 0. The molecule has 19 heavy (non-hydrogen) atoms. The van der Waals surface area contributed by atoms with Crippen molar-refractivity contribution in [3.8, 4) is 11.1 Å². The van der Waals surface area contributed by atoms with E-state index in [1.807, 2.05) is 12.1 Å². The third-order valence-corrected chi connectivity index (χ3v) is 2.61. The Kier molecular flexibility index (Phi) is 7.88. The van der Waals surface area contributed by atoms with E-state index in [1.54, 1.807) is 0 Å². The lowest BCUT2D eigenvalue weighted by Crippen LogP contribution is -1.83. The van der Waals surface area contributed by atoms with Gasteiger partial charge in [0.1, 0.15) is 0 Å². The number of unbranched alkanes of at least 4 members (excludes halogenated alkanes) is 1. The van der Waals surface area contributed by atoms with Crippen LogP contribution in [0.2, 0.25) is 0 Å². The fraction of sp³-hybridized carbons (Fsp3) is 0.222. The average molecular weight is 254 g/mol. The molecule has 0 unspecified atom stereocenters. The Hall–Kier alpha value is -2.02. The lowest BCUT2D eigenvalue weighted by Gasteiger charge is -1.98. The number of hydrogen-bond acceptors (Lipinski definition) is 1. The van der Waals surface area contributed by atoms with Gasteiger partial charge in [-0.15, -0.1) is 0 Å². The normalized spacial score (nSPS) is 9.11. The molecule has 2 rings (SSSR count). The summed E-state index contributed by atoms with van der Waals surface area (Å²) in [6.45, 7) is 6.36. The standard InChI is InChI=1S/C12H10.C6H12O/c1-3-7-11(8-4-1)12-9-5-2-6-10-12;1-3-5-6-7-4-2/h1-10H;4H,2-3,5-6H2,1H3. The van der Waals surface area contributed by atoms with Gasteiger partial charge in [-0.1, -0.05) is 80.6 Å². The molecule has 0 spiro atoms. The van der Waals surface area contributed by atoms with E-state index in [-0.39, 0.29) is 0 Å². The van der Waals surface area contributed by atoms with E-state index in [0.717, 1.165) is 13.0 Å². The predicted octanol–water partition coefficient (Wildman–Crippen LogP) is 5.30. The van der Waals surface area contributed by atoms with Gasteiger partial charge in [-0.25, -0.2) is 0 Å². The van der Waals surface area contributed by atoms with Crippen molar-refractivity contribution in [2.24, 2.45) is 0 Å². The van der Waals surface area contributed by atoms with Crippen LogP contribution in [-0.2, 0) is 4.74 Å². The van der Waals surface area contributed by atoms with Crippen LogP contribution in [0.15, 0.2) is 73.5 Å². The van der Waals surface area contributed by atoms with Gasteiger partial charge in [0.15, 0.2) is 0 Å². The Morgan fingerprint density at radius 2 is 1.37 bits per heavy atom.